The van der Waals surface area contributed by atoms with Gasteiger partial charge in [-0.15, -0.1) is 0 Å². The van der Waals surface area contributed by atoms with Crippen LogP contribution in [0.5, 0.6) is 5.75 Å². The van der Waals surface area contributed by atoms with E-state index in [0.29, 0.717) is 17.9 Å². The van der Waals surface area contributed by atoms with Crippen molar-refractivity contribution >= 4 is 5.78 Å². The Balaban J connectivity index is 1.82. The van der Waals surface area contributed by atoms with Gasteiger partial charge in [-0.05, 0) is 38.2 Å². The number of likely N-dealkylation sites (N-methyl/N-ethyl adjacent to an activating group) is 1. The minimum absolute atomic E-state index is 0.0181. The molecule has 0 aliphatic heterocycles. The number of furan rings is 1. The van der Waals surface area contributed by atoms with Crippen LogP contribution in [0.3, 0.4) is 0 Å². The van der Waals surface area contributed by atoms with Crippen molar-refractivity contribution in [1.82, 2.24) is 4.90 Å². The van der Waals surface area contributed by atoms with Gasteiger partial charge in [-0.1, -0.05) is 12.1 Å². The van der Waals surface area contributed by atoms with Gasteiger partial charge in [0.2, 0.25) is 0 Å². The molecule has 0 saturated carbocycles. The third-order valence-electron chi connectivity index (χ3n) is 3.00. The van der Waals surface area contributed by atoms with Crippen molar-refractivity contribution < 1.29 is 13.9 Å². The van der Waals surface area contributed by atoms with Crippen LogP contribution in [0.1, 0.15) is 23.0 Å². The number of hydrogen-bond acceptors (Lipinski definition) is 4. The van der Waals surface area contributed by atoms with Crippen LogP contribution in [0.25, 0.3) is 0 Å². The quantitative estimate of drug-likeness (QED) is 0.727. The molecule has 0 N–H and O–H groups in total. The minimum atomic E-state index is 0.0181. The minimum Gasteiger partial charge on any atom is -0.491 e. The standard InChI is InChI=1S/C16H19NO3/c1-13(18)15-7-3-4-8-16(15)20-11-9-17(2)12-14-6-5-10-19-14/h3-8,10H,9,11-12H2,1-2H3. The van der Waals surface area contributed by atoms with Crippen LogP contribution >= 0.6 is 0 Å². The fourth-order valence-corrected chi connectivity index (χ4v) is 1.94. The molecule has 4 nitrogen and oxygen atoms in total. The second-order valence-corrected chi connectivity index (χ2v) is 4.72. The SMILES string of the molecule is CC(=O)c1ccccc1OCCN(C)Cc1ccco1. The van der Waals surface area contributed by atoms with Crippen molar-refractivity contribution in [2.45, 2.75) is 13.5 Å². The Morgan fingerprint density at radius 2 is 2.05 bits per heavy atom. The van der Waals surface area contributed by atoms with Crippen LogP contribution in [-0.2, 0) is 6.54 Å². The van der Waals surface area contributed by atoms with E-state index in [1.54, 1.807) is 19.3 Å². The number of benzene rings is 1. The summed E-state index contributed by atoms with van der Waals surface area (Å²) in [6.07, 6.45) is 1.67. The molecule has 0 radical (unpaired) electrons. The molecular formula is C16H19NO3. The molecule has 2 aromatic rings. The maximum absolute atomic E-state index is 11.5. The second-order valence-electron chi connectivity index (χ2n) is 4.72. The van der Waals surface area contributed by atoms with E-state index in [2.05, 4.69) is 4.90 Å². The fourth-order valence-electron chi connectivity index (χ4n) is 1.94. The van der Waals surface area contributed by atoms with Crippen molar-refractivity contribution in [3.05, 3.63) is 54.0 Å². The molecular weight excluding hydrogens is 254 g/mol. The summed E-state index contributed by atoms with van der Waals surface area (Å²) in [6, 6.07) is 11.1. The number of carbonyl (C=O) groups is 1. The molecule has 0 fully saturated rings. The Bertz CT molecular complexity index is 549. The van der Waals surface area contributed by atoms with E-state index >= 15 is 0 Å². The fraction of sp³-hybridized carbons (Fsp3) is 0.312. The first-order chi connectivity index (χ1) is 9.66. The highest BCUT2D eigenvalue weighted by atomic mass is 16.5. The molecule has 0 atom stereocenters. The summed E-state index contributed by atoms with van der Waals surface area (Å²) in [5.41, 5.74) is 0.626. The molecule has 0 unspecified atom stereocenters. The third kappa shape index (κ3) is 3.96. The third-order valence-corrected chi connectivity index (χ3v) is 3.00. The van der Waals surface area contributed by atoms with E-state index < -0.39 is 0 Å². The average Bonchev–Trinajstić information content (AvgIpc) is 2.92. The Morgan fingerprint density at radius 3 is 2.75 bits per heavy atom. The number of para-hydroxylation sites is 1. The summed E-state index contributed by atoms with van der Waals surface area (Å²) < 4.78 is 11.0. The Hall–Kier alpha value is -2.07. The first-order valence-corrected chi connectivity index (χ1v) is 6.60. The lowest BCUT2D eigenvalue weighted by molar-refractivity contribution is 0.101. The van der Waals surface area contributed by atoms with Gasteiger partial charge in [-0.25, -0.2) is 0 Å². The largest absolute Gasteiger partial charge is 0.491 e. The lowest BCUT2D eigenvalue weighted by Crippen LogP contribution is -2.23. The highest BCUT2D eigenvalue weighted by molar-refractivity contribution is 5.96. The van der Waals surface area contributed by atoms with Crippen LogP contribution in [0, 0.1) is 0 Å². The highest BCUT2D eigenvalue weighted by Gasteiger charge is 2.08. The van der Waals surface area contributed by atoms with Gasteiger partial charge in [-0.2, -0.15) is 0 Å². The van der Waals surface area contributed by atoms with E-state index in [-0.39, 0.29) is 5.78 Å². The zero-order valence-corrected chi connectivity index (χ0v) is 11.8. The summed E-state index contributed by atoms with van der Waals surface area (Å²) in [5, 5.41) is 0. The summed E-state index contributed by atoms with van der Waals surface area (Å²) >= 11 is 0. The smallest absolute Gasteiger partial charge is 0.163 e. The molecule has 0 bridgehead atoms. The van der Waals surface area contributed by atoms with Gasteiger partial charge in [0.25, 0.3) is 0 Å². The van der Waals surface area contributed by atoms with Gasteiger partial charge in [0.1, 0.15) is 18.1 Å². The molecule has 0 spiro atoms. The first-order valence-electron chi connectivity index (χ1n) is 6.60. The number of nitrogens with zero attached hydrogens (tertiary/aromatic N) is 1. The van der Waals surface area contributed by atoms with Crippen molar-refractivity contribution in [3.8, 4) is 5.75 Å². The maximum Gasteiger partial charge on any atom is 0.163 e. The maximum atomic E-state index is 11.5. The van der Waals surface area contributed by atoms with E-state index in [1.165, 1.54) is 0 Å². The van der Waals surface area contributed by atoms with Crippen molar-refractivity contribution in [2.75, 3.05) is 20.2 Å². The average molecular weight is 273 g/mol. The molecule has 0 amide bonds. The van der Waals surface area contributed by atoms with Crippen LogP contribution in [0.4, 0.5) is 0 Å². The second kappa shape index (κ2) is 6.91. The lowest BCUT2D eigenvalue weighted by Gasteiger charge is -2.16. The molecule has 1 aromatic carbocycles. The Labute approximate surface area is 119 Å². The van der Waals surface area contributed by atoms with Gasteiger partial charge >= 0.3 is 0 Å². The normalized spacial score (nSPS) is 10.8. The highest BCUT2D eigenvalue weighted by Crippen LogP contribution is 2.18. The van der Waals surface area contributed by atoms with E-state index in [0.717, 1.165) is 18.8 Å². The van der Waals surface area contributed by atoms with Gasteiger partial charge in [-0.3, -0.25) is 9.69 Å². The summed E-state index contributed by atoms with van der Waals surface area (Å²) in [5.74, 6) is 1.59. The van der Waals surface area contributed by atoms with Crippen LogP contribution in [0.15, 0.2) is 47.1 Å². The molecule has 0 saturated heterocycles. The lowest BCUT2D eigenvalue weighted by atomic mass is 10.1. The molecule has 4 heteroatoms. The molecule has 20 heavy (non-hydrogen) atoms. The van der Waals surface area contributed by atoms with Gasteiger partial charge in [0.15, 0.2) is 5.78 Å². The summed E-state index contributed by atoms with van der Waals surface area (Å²) in [6.45, 7) is 3.57. The van der Waals surface area contributed by atoms with Crippen molar-refractivity contribution in [3.63, 3.8) is 0 Å². The molecule has 1 aromatic heterocycles. The Morgan fingerprint density at radius 1 is 1.25 bits per heavy atom. The topological polar surface area (TPSA) is 42.7 Å². The number of carbonyl (C=O) groups excluding carboxylic acids is 1. The van der Waals surface area contributed by atoms with Gasteiger partial charge < -0.3 is 9.15 Å². The number of Topliss-reactive ketones (excluding diaryl/α,β-unsaturated/α-hetero) is 1. The number of ketones is 1. The molecule has 1 heterocycles. The van der Waals surface area contributed by atoms with Crippen LogP contribution < -0.4 is 4.74 Å². The van der Waals surface area contributed by atoms with Crippen LogP contribution in [0.2, 0.25) is 0 Å². The van der Waals surface area contributed by atoms with E-state index in [9.17, 15) is 4.79 Å². The molecule has 106 valence electrons. The predicted molar refractivity (Wildman–Crippen MR) is 77.0 cm³/mol. The monoisotopic (exact) mass is 273 g/mol. The van der Waals surface area contributed by atoms with Crippen LogP contribution in [-0.4, -0.2) is 30.9 Å². The number of rotatable bonds is 7. The van der Waals surface area contributed by atoms with Gasteiger partial charge in [0, 0.05) is 6.54 Å². The van der Waals surface area contributed by atoms with Crippen molar-refractivity contribution in [1.29, 1.82) is 0 Å². The van der Waals surface area contributed by atoms with Gasteiger partial charge in [0.05, 0.1) is 18.4 Å². The van der Waals surface area contributed by atoms with E-state index in [4.69, 9.17) is 9.15 Å². The first kappa shape index (κ1) is 14.3. The zero-order valence-electron chi connectivity index (χ0n) is 11.8. The van der Waals surface area contributed by atoms with Crippen molar-refractivity contribution in [2.24, 2.45) is 0 Å². The predicted octanol–water partition coefficient (Wildman–Crippen LogP) is 2.99. The molecule has 2 rings (SSSR count). The number of ether oxygens (including phenoxy) is 1. The summed E-state index contributed by atoms with van der Waals surface area (Å²) in [4.78, 5) is 13.6. The van der Waals surface area contributed by atoms with E-state index in [1.807, 2.05) is 37.4 Å². The number of hydrogen-bond donors (Lipinski definition) is 0. The Kier molecular flexibility index (Phi) is 4.96. The molecule has 0 aliphatic carbocycles. The summed E-state index contributed by atoms with van der Waals surface area (Å²) in [7, 11) is 2.00. The molecule has 0 aliphatic rings. The zero-order chi connectivity index (χ0) is 14.4.